The van der Waals surface area contributed by atoms with Gasteiger partial charge in [-0.2, -0.15) is 0 Å². The van der Waals surface area contributed by atoms with Crippen molar-refractivity contribution in [1.29, 1.82) is 0 Å². The smallest absolute Gasteiger partial charge is 0.273 e. The predicted molar refractivity (Wildman–Crippen MR) is 92.9 cm³/mol. The molecule has 1 aromatic heterocycles. The lowest BCUT2D eigenvalue weighted by atomic mass is 10.1. The van der Waals surface area contributed by atoms with Gasteiger partial charge in [-0.3, -0.25) is 4.79 Å². The average molecular weight is 358 g/mol. The molecule has 4 nitrogen and oxygen atoms in total. The number of benzene rings is 1. The van der Waals surface area contributed by atoms with Crippen LogP contribution in [0.25, 0.3) is 10.6 Å². The van der Waals surface area contributed by atoms with Crippen LogP contribution >= 0.6 is 35.3 Å². The molecule has 22 heavy (non-hydrogen) atoms. The third-order valence-corrected chi connectivity index (χ3v) is 4.78. The molecule has 2 aromatic rings. The molecular formula is C15H17Cl2N3OS. The van der Waals surface area contributed by atoms with E-state index in [0.717, 1.165) is 30.0 Å². The molecule has 1 aliphatic rings. The van der Waals surface area contributed by atoms with E-state index in [2.05, 4.69) is 4.98 Å². The van der Waals surface area contributed by atoms with Crippen LogP contribution in [-0.2, 0) is 0 Å². The van der Waals surface area contributed by atoms with Crippen LogP contribution in [0.15, 0.2) is 29.6 Å². The summed E-state index contributed by atoms with van der Waals surface area (Å²) in [5, 5.41) is 3.21. The van der Waals surface area contributed by atoms with Crippen molar-refractivity contribution in [2.24, 2.45) is 5.73 Å². The molecule has 118 valence electrons. The number of amides is 1. The SMILES string of the molecule is Cl.NC1CCCN(C(=O)c2csc(-c3ccccc3Cl)n2)C1. The summed E-state index contributed by atoms with van der Waals surface area (Å²) in [7, 11) is 0. The Balaban J connectivity index is 0.00000176. The first kappa shape index (κ1) is 17.2. The van der Waals surface area contributed by atoms with Gasteiger partial charge in [0.1, 0.15) is 10.7 Å². The second kappa shape index (κ2) is 7.42. The zero-order chi connectivity index (χ0) is 14.8. The van der Waals surface area contributed by atoms with Crippen molar-refractivity contribution in [3.8, 4) is 10.6 Å². The van der Waals surface area contributed by atoms with Gasteiger partial charge in [0.15, 0.2) is 0 Å². The first-order chi connectivity index (χ1) is 10.1. The van der Waals surface area contributed by atoms with Crippen LogP contribution in [0.1, 0.15) is 23.3 Å². The number of piperidine rings is 1. The maximum atomic E-state index is 12.5. The molecule has 7 heteroatoms. The van der Waals surface area contributed by atoms with Gasteiger partial charge in [0.2, 0.25) is 0 Å². The lowest BCUT2D eigenvalue weighted by Gasteiger charge is -2.30. The van der Waals surface area contributed by atoms with Crippen molar-refractivity contribution in [3.05, 3.63) is 40.4 Å². The maximum absolute atomic E-state index is 12.5. The van der Waals surface area contributed by atoms with Crippen LogP contribution < -0.4 is 5.73 Å². The van der Waals surface area contributed by atoms with Crippen LogP contribution in [0.5, 0.6) is 0 Å². The summed E-state index contributed by atoms with van der Waals surface area (Å²) in [5.41, 5.74) is 7.26. The molecule has 0 aliphatic carbocycles. The van der Waals surface area contributed by atoms with Gasteiger partial charge in [0, 0.05) is 30.1 Å². The van der Waals surface area contributed by atoms with Crippen molar-refractivity contribution >= 4 is 41.3 Å². The summed E-state index contributed by atoms with van der Waals surface area (Å²) in [6.07, 6.45) is 1.93. The zero-order valence-electron chi connectivity index (χ0n) is 11.9. The molecule has 0 spiro atoms. The summed E-state index contributed by atoms with van der Waals surface area (Å²) in [4.78, 5) is 18.7. The number of aromatic nitrogens is 1. The van der Waals surface area contributed by atoms with Crippen LogP contribution in [0.2, 0.25) is 5.02 Å². The molecule has 2 heterocycles. The topological polar surface area (TPSA) is 59.2 Å². The van der Waals surface area contributed by atoms with E-state index >= 15 is 0 Å². The highest BCUT2D eigenvalue weighted by atomic mass is 35.5. The van der Waals surface area contributed by atoms with E-state index in [9.17, 15) is 4.79 Å². The number of nitrogens with zero attached hydrogens (tertiary/aromatic N) is 2. The fraction of sp³-hybridized carbons (Fsp3) is 0.333. The van der Waals surface area contributed by atoms with Crippen molar-refractivity contribution in [3.63, 3.8) is 0 Å². The molecule has 1 aromatic carbocycles. The standard InChI is InChI=1S/C15H16ClN3OS.ClH/c16-12-6-2-1-5-11(12)14-18-13(9-21-14)15(20)19-7-3-4-10(17)8-19;/h1-2,5-6,9-10H,3-4,7-8,17H2;1H. The fourth-order valence-corrected chi connectivity index (χ4v) is 3.60. The summed E-state index contributed by atoms with van der Waals surface area (Å²) < 4.78 is 0. The normalized spacial score (nSPS) is 17.9. The predicted octanol–water partition coefficient (Wildman–Crippen LogP) is 3.45. The molecular weight excluding hydrogens is 341 g/mol. The summed E-state index contributed by atoms with van der Waals surface area (Å²) >= 11 is 7.61. The lowest BCUT2D eigenvalue weighted by Crippen LogP contribution is -2.45. The third kappa shape index (κ3) is 3.60. The van der Waals surface area contributed by atoms with Crippen LogP contribution in [0, 0.1) is 0 Å². The van der Waals surface area contributed by atoms with Crippen LogP contribution in [-0.4, -0.2) is 34.9 Å². The Morgan fingerprint density at radius 2 is 2.18 bits per heavy atom. The Morgan fingerprint density at radius 1 is 1.41 bits per heavy atom. The number of hydrogen-bond acceptors (Lipinski definition) is 4. The largest absolute Gasteiger partial charge is 0.336 e. The fourth-order valence-electron chi connectivity index (χ4n) is 2.49. The Morgan fingerprint density at radius 3 is 2.91 bits per heavy atom. The number of carbonyl (C=O) groups excluding carboxylic acids is 1. The number of halogens is 2. The van der Waals surface area contributed by atoms with Gasteiger partial charge in [-0.05, 0) is 18.9 Å². The summed E-state index contributed by atoms with van der Waals surface area (Å²) in [6, 6.07) is 7.59. The van der Waals surface area contributed by atoms with E-state index in [-0.39, 0.29) is 24.4 Å². The molecule has 1 amide bonds. The van der Waals surface area contributed by atoms with E-state index in [0.29, 0.717) is 17.3 Å². The minimum absolute atomic E-state index is 0. The van der Waals surface area contributed by atoms with Gasteiger partial charge < -0.3 is 10.6 Å². The van der Waals surface area contributed by atoms with E-state index in [1.165, 1.54) is 11.3 Å². The number of hydrogen-bond donors (Lipinski definition) is 1. The van der Waals surface area contributed by atoms with Crippen molar-refractivity contribution in [2.45, 2.75) is 18.9 Å². The molecule has 1 unspecified atom stereocenters. The van der Waals surface area contributed by atoms with E-state index in [1.54, 1.807) is 10.3 Å². The number of likely N-dealkylation sites (tertiary alicyclic amines) is 1. The number of rotatable bonds is 2. The molecule has 1 fully saturated rings. The van der Waals surface area contributed by atoms with Gasteiger partial charge in [0.25, 0.3) is 5.91 Å². The number of nitrogens with two attached hydrogens (primary N) is 1. The molecule has 3 rings (SSSR count). The second-order valence-corrected chi connectivity index (χ2v) is 6.44. The monoisotopic (exact) mass is 357 g/mol. The zero-order valence-corrected chi connectivity index (χ0v) is 14.3. The van der Waals surface area contributed by atoms with Crippen molar-refractivity contribution < 1.29 is 4.79 Å². The Bertz CT molecular complexity index is 662. The minimum Gasteiger partial charge on any atom is -0.336 e. The first-order valence-corrected chi connectivity index (χ1v) is 8.16. The molecule has 0 radical (unpaired) electrons. The highest BCUT2D eigenvalue weighted by Crippen LogP contribution is 2.30. The van der Waals surface area contributed by atoms with E-state index in [1.807, 2.05) is 24.3 Å². The van der Waals surface area contributed by atoms with Crippen LogP contribution in [0.4, 0.5) is 0 Å². The Hall–Kier alpha value is -1.14. The van der Waals surface area contributed by atoms with Gasteiger partial charge in [-0.1, -0.05) is 29.8 Å². The van der Waals surface area contributed by atoms with E-state index < -0.39 is 0 Å². The molecule has 0 bridgehead atoms. The highest BCUT2D eigenvalue weighted by Gasteiger charge is 2.24. The summed E-state index contributed by atoms with van der Waals surface area (Å²) in [6.45, 7) is 1.36. The quantitative estimate of drug-likeness (QED) is 0.895. The molecule has 1 saturated heterocycles. The first-order valence-electron chi connectivity index (χ1n) is 6.90. The van der Waals surface area contributed by atoms with Crippen molar-refractivity contribution in [2.75, 3.05) is 13.1 Å². The molecule has 0 saturated carbocycles. The van der Waals surface area contributed by atoms with Gasteiger partial charge in [-0.15, -0.1) is 23.7 Å². The van der Waals surface area contributed by atoms with Gasteiger partial charge >= 0.3 is 0 Å². The van der Waals surface area contributed by atoms with Gasteiger partial charge in [-0.25, -0.2) is 4.98 Å². The third-order valence-electron chi connectivity index (χ3n) is 3.57. The van der Waals surface area contributed by atoms with Crippen LogP contribution in [0.3, 0.4) is 0 Å². The minimum atomic E-state index is -0.0419. The highest BCUT2D eigenvalue weighted by molar-refractivity contribution is 7.13. The Kier molecular flexibility index (Phi) is 5.81. The molecule has 2 N–H and O–H groups in total. The number of carbonyl (C=O) groups is 1. The molecule has 1 atom stereocenters. The molecule has 1 aliphatic heterocycles. The summed E-state index contributed by atoms with van der Waals surface area (Å²) in [5.74, 6) is -0.0419. The lowest BCUT2D eigenvalue weighted by molar-refractivity contribution is 0.0704. The average Bonchev–Trinajstić information content (AvgIpc) is 2.96. The van der Waals surface area contributed by atoms with Crippen molar-refractivity contribution in [1.82, 2.24) is 9.88 Å². The Labute approximate surface area is 144 Å². The van der Waals surface area contributed by atoms with E-state index in [4.69, 9.17) is 17.3 Å². The van der Waals surface area contributed by atoms with Gasteiger partial charge in [0.05, 0.1) is 5.02 Å². The second-order valence-electron chi connectivity index (χ2n) is 5.17. The number of thiazole rings is 1. The maximum Gasteiger partial charge on any atom is 0.273 e.